The lowest BCUT2D eigenvalue weighted by Crippen LogP contribution is -2.29. The molecule has 4 aromatic rings. The molecule has 0 spiro atoms. The van der Waals surface area contributed by atoms with Gasteiger partial charge in [0.15, 0.2) is 5.01 Å². The highest BCUT2D eigenvalue weighted by Crippen LogP contribution is 2.30. The van der Waals surface area contributed by atoms with Crippen molar-refractivity contribution >= 4 is 49.3 Å². The van der Waals surface area contributed by atoms with Crippen LogP contribution >= 0.6 is 11.3 Å². The second kappa shape index (κ2) is 8.03. The van der Waals surface area contributed by atoms with Crippen molar-refractivity contribution in [2.45, 2.75) is 17.4 Å². The summed E-state index contributed by atoms with van der Waals surface area (Å²) in [6.07, 6.45) is 0.579. The third-order valence-corrected chi connectivity index (χ3v) is 7.01. The van der Waals surface area contributed by atoms with Crippen LogP contribution in [0, 0.1) is 0 Å². The van der Waals surface area contributed by atoms with Gasteiger partial charge in [0.05, 0.1) is 15.1 Å². The van der Waals surface area contributed by atoms with E-state index in [4.69, 9.17) is 9.56 Å². The molecular weight excluding hydrogens is 468 g/mol. The Balaban J connectivity index is 1.37. The molecule has 1 fully saturated rings. The van der Waals surface area contributed by atoms with Gasteiger partial charge in [0, 0.05) is 6.54 Å². The molecule has 2 aromatic carbocycles. The standard InChI is InChI=1S/C20H16N6O5S2/c21-33(29,30)12-4-1-10(2-5-12)11-3-6-13-15(9-11)32-19(23-13)16(27)18-25-26-20(31-18)24-14-7-8-22-17(14)28/h1-6,9,14H,7-8H2,(H,22,28)(H,24,26)(H2,21,29,30). The number of thiazole rings is 1. The van der Waals surface area contributed by atoms with Gasteiger partial charge >= 0.3 is 6.01 Å². The van der Waals surface area contributed by atoms with Crippen LogP contribution in [0.5, 0.6) is 0 Å². The third kappa shape index (κ3) is 4.20. The Hall–Kier alpha value is -3.68. The minimum Gasteiger partial charge on any atom is -0.400 e. The Labute approximate surface area is 191 Å². The van der Waals surface area contributed by atoms with E-state index in [1.54, 1.807) is 18.2 Å². The van der Waals surface area contributed by atoms with E-state index in [-0.39, 0.29) is 27.7 Å². The summed E-state index contributed by atoms with van der Waals surface area (Å²) in [6, 6.07) is 11.2. The number of nitrogens with two attached hydrogens (primary N) is 1. The number of hydrogen-bond acceptors (Lipinski definition) is 10. The summed E-state index contributed by atoms with van der Waals surface area (Å²) < 4.78 is 29.0. The number of anilines is 1. The minimum atomic E-state index is -3.77. The molecule has 0 bridgehead atoms. The molecule has 0 radical (unpaired) electrons. The van der Waals surface area contributed by atoms with Crippen LogP contribution in [0.25, 0.3) is 21.3 Å². The first kappa shape index (κ1) is 21.2. The van der Waals surface area contributed by atoms with E-state index in [2.05, 4.69) is 25.8 Å². The quantitative estimate of drug-likeness (QED) is 0.343. The zero-order chi connectivity index (χ0) is 23.2. The molecule has 3 heterocycles. The molecule has 5 rings (SSSR count). The summed E-state index contributed by atoms with van der Waals surface area (Å²) in [5.41, 5.74) is 2.23. The van der Waals surface area contributed by atoms with Gasteiger partial charge in [-0.2, -0.15) is 0 Å². The molecule has 168 valence electrons. The van der Waals surface area contributed by atoms with E-state index in [0.29, 0.717) is 18.5 Å². The number of aromatic nitrogens is 3. The van der Waals surface area contributed by atoms with Gasteiger partial charge in [0.2, 0.25) is 15.9 Å². The van der Waals surface area contributed by atoms with Crippen molar-refractivity contribution in [2.24, 2.45) is 5.14 Å². The Kier molecular flexibility index (Phi) is 5.15. The molecule has 2 aromatic heterocycles. The topological polar surface area (TPSA) is 170 Å². The number of fused-ring (bicyclic) bond motifs is 1. The summed E-state index contributed by atoms with van der Waals surface area (Å²) in [4.78, 5) is 28.8. The number of amides is 1. The normalized spacial score (nSPS) is 16.2. The number of sulfonamides is 1. The van der Waals surface area contributed by atoms with Crippen LogP contribution < -0.4 is 15.8 Å². The lowest BCUT2D eigenvalue weighted by atomic mass is 10.1. The van der Waals surface area contributed by atoms with Crippen molar-refractivity contribution < 1.29 is 22.4 Å². The van der Waals surface area contributed by atoms with Gasteiger partial charge in [-0.1, -0.05) is 23.3 Å². The van der Waals surface area contributed by atoms with Crippen molar-refractivity contribution in [3.8, 4) is 11.1 Å². The average molecular weight is 485 g/mol. The first-order valence-corrected chi connectivity index (χ1v) is 12.1. The fraction of sp³-hybridized carbons (Fsp3) is 0.150. The zero-order valence-corrected chi connectivity index (χ0v) is 18.4. The van der Waals surface area contributed by atoms with Gasteiger partial charge < -0.3 is 15.1 Å². The molecule has 11 nitrogen and oxygen atoms in total. The van der Waals surface area contributed by atoms with Crippen molar-refractivity contribution in [2.75, 3.05) is 11.9 Å². The zero-order valence-electron chi connectivity index (χ0n) is 16.8. The predicted molar refractivity (Wildman–Crippen MR) is 119 cm³/mol. The van der Waals surface area contributed by atoms with Gasteiger partial charge in [0.1, 0.15) is 6.04 Å². The highest BCUT2D eigenvalue weighted by atomic mass is 32.2. The molecule has 33 heavy (non-hydrogen) atoms. The Morgan fingerprint density at radius 3 is 2.61 bits per heavy atom. The monoisotopic (exact) mass is 484 g/mol. The molecule has 1 aliphatic rings. The molecule has 0 saturated carbocycles. The highest BCUT2D eigenvalue weighted by molar-refractivity contribution is 7.89. The van der Waals surface area contributed by atoms with E-state index in [9.17, 15) is 18.0 Å². The summed E-state index contributed by atoms with van der Waals surface area (Å²) >= 11 is 1.17. The van der Waals surface area contributed by atoms with E-state index in [1.807, 2.05) is 12.1 Å². The van der Waals surface area contributed by atoms with Gasteiger partial charge in [-0.05, 0) is 41.8 Å². The number of hydrogen-bond donors (Lipinski definition) is 3. The summed E-state index contributed by atoms with van der Waals surface area (Å²) in [5.74, 6) is -0.914. The maximum Gasteiger partial charge on any atom is 0.316 e. The highest BCUT2D eigenvalue weighted by Gasteiger charge is 2.27. The van der Waals surface area contributed by atoms with Crippen LogP contribution in [0.2, 0.25) is 0 Å². The predicted octanol–water partition coefficient (Wildman–Crippen LogP) is 1.53. The number of nitrogens with zero attached hydrogens (tertiary/aromatic N) is 3. The summed E-state index contributed by atoms with van der Waals surface area (Å²) in [7, 11) is -3.77. The number of ketones is 1. The van der Waals surface area contributed by atoms with E-state index >= 15 is 0 Å². The fourth-order valence-corrected chi connectivity index (χ4v) is 4.84. The molecule has 1 aliphatic heterocycles. The van der Waals surface area contributed by atoms with Crippen molar-refractivity contribution in [1.82, 2.24) is 20.5 Å². The van der Waals surface area contributed by atoms with Crippen LogP contribution in [0.4, 0.5) is 6.01 Å². The number of carbonyl (C=O) groups excluding carboxylic acids is 2. The largest absolute Gasteiger partial charge is 0.400 e. The number of rotatable bonds is 6. The van der Waals surface area contributed by atoms with Crippen LogP contribution in [0.1, 0.15) is 22.1 Å². The second-order valence-electron chi connectivity index (χ2n) is 7.29. The molecule has 1 saturated heterocycles. The van der Waals surface area contributed by atoms with Gasteiger partial charge in [-0.25, -0.2) is 18.5 Å². The lowest BCUT2D eigenvalue weighted by Gasteiger charge is -2.05. The Bertz CT molecular complexity index is 1490. The van der Waals surface area contributed by atoms with Crippen LogP contribution in [-0.2, 0) is 14.8 Å². The van der Waals surface area contributed by atoms with Crippen LogP contribution in [0.3, 0.4) is 0 Å². The molecule has 1 amide bonds. The second-order valence-corrected chi connectivity index (χ2v) is 9.88. The molecule has 0 aliphatic carbocycles. The van der Waals surface area contributed by atoms with Crippen molar-refractivity contribution in [1.29, 1.82) is 0 Å². The smallest absolute Gasteiger partial charge is 0.316 e. The molecule has 1 unspecified atom stereocenters. The first-order chi connectivity index (χ1) is 15.8. The lowest BCUT2D eigenvalue weighted by molar-refractivity contribution is -0.119. The van der Waals surface area contributed by atoms with E-state index in [1.165, 1.54) is 23.5 Å². The number of carbonyl (C=O) groups is 2. The molecular formula is C20H16N6O5S2. The molecule has 4 N–H and O–H groups in total. The maximum atomic E-state index is 12.8. The first-order valence-electron chi connectivity index (χ1n) is 9.74. The molecule has 1 atom stereocenters. The van der Waals surface area contributed by atoms with Gasteiger partial charge in [-0.15, -0.1) is 16.4 Å². The number of primary sulfonamides is 1. The number of nitrogens with one attached hydrogen (secondary N) is 2. The van der Waals surface area contributed by atoms with E-state index < -0.39 is 21.8 Å². The van der Waals surface area contributed by atoms with E-state index in [0.717, 1.165) is 15.8 Å². The van der Waals surface area contributed by atoms with Crippen LogP contribution in [-0.4, -0.2) is 47.9 Å². The Morgan fingerprint density at radius 2 is 1.91 bits per heavy atom. The van der Waals surface area contributed by atoms with Crippen molar-refractivity contribution in [3.63, 3.8) is 0 Å². The SMILES string of the molecule is NS(=O)(=O)c1ccc(-c2ccc3nc(C(=O)c4nnc(NC5CCNC5=O)o4)sc3c2)cc1. The molecule has 13 heteroatoms. The summed E-state index contributed by atoms with van der Waals surface area (Å²) in [6.45, 7) is 0.556. The van der Waals surface area contributed by atoms with Gasteiger partial charge in [-0.3, -0.25) is 9.59 Å². The average Bonchev–Trinajstić information content (AvgIpc) is 3.53. The fourth-order valence-electron chi connectivity index (χ4n) is 3.38. The summed E-state index contributed by atoms with van der Waals surface area (Å²) in [5, 5.41) is 18.4. The maximum absolute atomic E-state index is 12.8. The van der Waals surface area contributed by atoms with Gasteiger partial charge in [0.25, 0.3) is 11.7 Å². The minimum absolute atomic E-state index is 0.00765. The van der Waals surface area contributed by atoms with Crippen molar-refractivity contribution in [3.05, 3.63) is 53.4 Å². The number of benzene rings is 2. The van der Waals surface area contributed by atoms with Crippen LogP contribution in [0.15, 0.2) is 51.8 Å². The Morgan fingerprint density at radius 1 is 1.15 bits per heavy atom. The third-order valence-electron chi connectivity index (χ3n) is 5.06.